The Bertz CT molecular complexity index is 441. The van der Waals surface area contributed by atoms with Gasteiger partial charge in [0.15, 0.2) is 0 Å². The first-order valence-corrected chi connectivity index (χ1v) is 7.15. The lowest BCUT2D eigenvalue weighted by Crippen LogP contribution is -2.41. The van der Waals surface area contributed by atoms with Crippen LogP contribution in [-0.2, 0) is 4.79 Å². The first-order valence-electron chi connectivity index (χ1n) is 7.15. The molecule has 0 aliphatic carbocycles. The molecule has 0 bridgehead atoms. The summed E-state index contributed by atoms with van der Waals surface area (Å²) < 4.78 is 0. The predicted octanol–water partition coefficient (Wildman–Crippen LogP) is 2.86. The fourth-order valence-electron chi connectivity index (χ4n) is 2.62. The molecule has 1 aromatic rings. The third-order valence-corrected chi connectivity index (χ3v) is 4.31. The number of benzene rings is 1. The zero-order valence-corrected chi connectivity index (χ0v) is 12.3. The van der Waals surface area contributed by atoms with Crippen LogP contribution in [0.25, 0.3) is 0 Å². The highest BCUT2D eigenvalue weighted by Crippen LogP contribution is 2.28. The van der Waals surface area contributed by atoms with E-state index in [4.69, 9.17) is 0 Å². The molecular formula is C16H24N2O. The molecule has 3 atom stereocenters. The van der Waals surface area contributed by atoms with Crippen molar-refractivity contribution in [2.24, 2.45) is 5.92 Å². The summed E-state index contributed by atoms with van der Waals surface area (Å²) in [5.41, 5.74) is 2.42. The average molecular weight is 260 g/mol. The topological polar surface area (TPSA) is 32.3 Å². The Balaban J connectivity index is 2.24. The third kappa shape index (κ3) is 2.81. The number of hydrogen-bond donors (Lipinski definition) is 1. The van der Waals surface area contributed by atoms with E-state index in [1.165, 1.54) is 11.1 Å². The number of carbonyl (C=O) groups is 1. The standard InChI is InChI=1S/C16H24N2O/c1-5-12(3)13(4)18-15(19)10-17-16(18)14-8-6-11(2)7-9-14/h6-9,12-13,16-17H,5,10H2,1-4H3. The molecule has 1 aliphatic rings. The van der Waals surface area contributed by atoms with Gasteiger partial charge in [0.1, 0.15) is 6.17 Å². The molecule has 0 radical (unpaired) electrons. The second-order valence-electron chi connectivity index (χ2n) is 5.62. The number of nitrogens with zero attached hydrogens (tertiary/aromatic N) is 1. The van der Waals surface area contributed by atoms with Crippen LogP contribution in [0, 0.1) is 12.8 Å². The number of carbonyl (C=O) groups excluding carboxylic acids is 1. The van der Waals surface area contributed by atoms with Crippen LogP contribution >= 0.6 is 0 Å². The van der Waals surface area contributed by atoms with Gasteiger partial charge >= 0.3 is 0 Å². The van der Waals surface area contributed by atoms with Gasteiger partial charge in [-0.05, 0) is 25.3 Å². The summed E-state index contributed by atoms with van der Waals surface area (Å²) in [6.07, 6.45) is 1.11. The summed E-state index contributed by atoms with van der Waals surface area (Å²) in [6, 6.07) is 8.69. The van der Waals surface area contributed by atoms with E-state index in [1.807, 2.05) is 4.90 Å². The second kappa shape index (κ2) is 5.74. The molecule has 3 heteroatoms. The van der Waals surface area contributed by atoms with Gasteiger partial charge in [-0.2, -0.15) is 0 Å². The van der Waals surface area contributed by atoms with E-state index in [1.54, 1.807) is 0 Å². The first-order chi connectivity index (χ1) is 9.04. The summed E-state index contributed by atoms with van der Waals surface area (Å²) >= 11 is 0. The van der Waals surface area contributed by atoms with E-state index in [0.29, 0.717) is 12.5 Å². The molecule has 1 N–H and O–H groups in total. The van der Waals surface area contributed by atoms with Gasteiger partial charge in [-0.1, -0.05) is 50.1 Å². The first kappa shape index (κ1) is 14.1. The van der Waals surface area contributed by atoms with Gasteiger partial charge in [-0.15, -0.1) is 0 Å². The summed E-state index contributed by atoms with van der Waals surface area (Å²) in [5, 5.41) is 3.33. The van der Waals surface area contributed by atoms with Gasteiger partial charge in [-0.3, -0.25) is 10.1 Å². The Labute approximate surface area is 116 Å². The maximum absolute atomic E-state index is 12.2. The van der Waals surface area contributed by atoms with E-state index in [2.05, 4.69) is 57.3 Å². The lowest BCUT2D eigenvalue weighted by molar-refractivity contribution is -0.131. The van der Waals surface area contributed by atoms with Crippen LogP contribution in [0.2, 0.25) is 0 Å². The molecule has 104 valence electrons. The summed E-state index contributed by atoms with van der Waals surface area (Å²) in [7, 11) is 0. The van der Waals surface area contributed by atoms with Gasteiger partial charge in [0.25, 0.3) is 0 Å². The Kier molecular flexibility index (Phi) is 4.25. The van der Waals surface area contributed by atoms with Crippen molar-refractivity contribution in [1.82, 2.24) is 10.2 Å². The van der Waals surface area contributed by atoms with E-state index < -0.39 is 0 Å². The van der Waals surface area contributed by atoms with Crippen LogP contribution in [0.4, 0.5) is 0 Å². The van der Waals surface area contributed by atoms with Crippen molar-refractivity contribution in [3.8, 4) is 0 Å². The average Bonchev–Trinajstić information content (AvgIpc) is 2.79. The van der Waals surface area contributed by atoms with Crippen LogP contribution in [-0.4, -0.2) is 23.4 Å². The molecule has 1 aliphatic heterocycles. The minimum atomic E-state index is 0.0251. The fraction of sp³-hybridized carbons (Fsp3) is 0.562. The van der Waals surface area contributed by atoms with Crippen LogP contribution in [0.1, 0.15) is 44.5 Å². The number of rotatable bonds is 4. The number of nitrogens with one attached hydrogen (secondary N) is 1. The molecule has 1 amide bonds. The molecule has 2 rings (SSSR count). The predicted molar refractivity (Wildman–Crippen MR) is 77.7 cm³/mol. The zero-order valence-electron chi connectivity index (χ0n) is 12.3. The molecular weight excluding hydrogens is 236 g/mol. The fourth-order valence-corrected chi connectivity index (χ4v) is 2.62. The van der Waals surface area contributed by atoms with Crippen LogP contribution in [0.3, 0.4) is 0 Å². The lowest BCUT2D eigenvalue weighted by Gasteiger charge is -2.34. The monoisotopic (exact) mass is 260 g/mol. The van der Waals surface area contributed by atoms with Gasteiger partial charge < -0.3 is 4.90 Å². The molecule has 3 nitrogen and oxygen atoms in total. The molecule has 0 saturated carbocycles. The third-order valence-electron chi connectivity index (χ3n) is 4.31. The van der Waals surface area contributed by atoms with Crippen molar-refractivity contribution >= 4 is 5.91 Å². The summed E-state index contributed by atoms with van der Waals surface area (Å²) in [6.45, 7) is 9.06. The quantitative estimate of drug-likeness (QED) is 0.903. The zero-order chi connectivity index (χ0) is 14.0. The normalized spacial score (nSPS) is 22.6. The highest BCUT2D eigenvalue weighted by atomic mass is 16.2. The van der Waals surface area contributed by atoms with Crippen molar-refractivity contribution in [2.45, 2.75) is 46.3 Å². The van der Waals surface area contributed by atoms with E-state index >= 15 is 0 Å². The van der Waals surface area contributed by atoms with Gasteiger partial charge in [0.05, 0.1) is 6.54 Å². The van der Waals surface area contributed by atoms with E-state index in [-0.39, 0.29) is 18.1 Å². The maximum Gasteiger partial charge on any atom is 0.238 e. The van der Waals surface area contributed by atoms with E-state index in [9.17, 15) is 4.79 Å². The summed E-state index contributed by atoms with van der Waals surface area (Å²) in [5.74, 6) is 0.718. The number of hydrogen-bond acceptors (Lipinski definition) is 2. The SMILES string of the molecule is CCC(C)C(C)N1C(=O)CNC1c1ccc(C)cc1. The molecule has 1 fully saturated rings. The van der Waals surface area contributed by atoms with Crippen molar-refractivity contribution in [2.75, 3.05) is 6.54 Å². The smallest absolute Gasteiger partial charge is 0.238 e. The maximum atomic E-state index is 12.2. The Morgan fingerprint density at radius 3 is 2.53 bits per heavy atom. The van der Waals surface area contributed by atoms with E-state index in [0.717, 1.165) is 6.42 Å². The molecule has 1 aromatic carbocycles. The van der Waals surface area contributed by atoms with Gasteiger partial charge in [0, 0.05) is 6.04 Å². The lowest BCUT2D eigenvalue weighted by atomic mass is 9.98. The number of aryl methyl sites for hydroxylation is 1. The minimum Gasteiger partial charge on any atom is -0.319 e. The van der Waals surface area contributed by atoms with Crippen LogP contribution in [0.15, 0.2) is 24.3 Å². The van der Waals surface area contributed by atoms with Crippen LogP contribution < -0.4 is 5.32 Å². The molecule has 19 heavy (non-hydrogen) atoms. The van der Waals surface area contributed by atoms with Gasteiger partial charge in [0.2, 0.25) is 5.91 Å². The van der Waals surface area contributed by atoms with Crippen molar-refractivity contribution < 1.29 is 4.79 Å². The van der Waals surface area contributed by atoms with Gasteiger partial charge in [-0.25, -0.2) is 0 Å². The Morgan fingerprint density at radius 1 is 1.32 bits per heavy atom. The molecule has 1 heterocycles. The molecule has 0 spiro atoms. The minimum absolute atomic E-state index is 0.0251. The van der Waals surface area contributed by atoms with Crippen molar-refractivity contribution in [3.63, 3.8) is 0 Å². The highest BCUT2D eigenvalue weighted by molar-refractivity contribution is 5.81. The second-order valence-corrected chi connectivity index (χ2v) is 5.62. The Morgan fingerprint density at radius 2 is 1.95 bits per heavy atom. The van der Waals surface area contributed by atoms with Crippen molar-refractivity contribution in [1.29, 1.82) is 0 Å². The highest BCUT2D eigenvalue weighted by Gasteiger charge is 2.36. The van der Waals surface area contributed by atoms with Crippen LogP contribution in [0.5, 0.6) is 0 Å². The van der Waals surface area contributed by atoms with Crippen molar-refractivity contribution in [3.05, 3.63) is 35.4 Å². The largest absolute Gasteiger partial charge is 0.319 e. The molecule has 0 aromatic heterocycles. The number of amides is 1. The Hall–Kier alpha value is -1.35. The molecule has 1 saturated heterocycles. The summed E-state index contributed by atoms with van der Waals surface area (Å²) in [4.78, 5) is 14.2. The molecule has 3 unspecified atom stereocenters.